The number of carbonyl (C=O) groups is 1. The van der Waals surface area contributed by atoms with Gasteiger partial charge in [0.15, 0.2) is 0 Å². The van der Waals surface area contributed by atoms with Crippen LogP contribution in [0.5, 0.6) is 0 Å². The third kappa shape index (κ3) is 1.87. The van der Waals surface area contributed by atoms with Crippen LogP contribution >= 0.6 is 0 Å². The van der Waals surface area contributed by atoms with Crippen molar-refractivity contribution >= 4 is 5.97 Å². The molecule has 0 aromatic heterocycles. The minimum absolute atomic E-state index is 0.161. The topological polar surface area (TPSA) is 26.3 Å². The van der Waals surface area contributed by atoms with E-state index in [1.165, 1.54) is 18.9 Å². The minimum atomic E-state index is -0.279. The molecule has 1 aliphatic rings. The van der Waals surface area contributed by atoms with Crippen LogP contribution in [0, 0.1) is 0 Å². The molecular weight excluding hydrogens is 152 g/mol. The van der Waals surface area contributed by atoms with E-state index < -0.39 is 0 Å². The molecule has 0 unspecified atom stereocenters. The summed E-state index contributed by atoms with van der Waals surface area (Å²) in [5, 5.41) is 0. The van der Waals surface area contributed by atoms with Crippen molar-refractivity contribution in [1.29, 1.82) is 0 Å². The summed E-state index contributed by atoms with van der Waals surface area (Å²) in [6, 6.07) is 0. The van der Waals surface area contributed by atoms with Crippen molar-refractivity contribution in [1.82, 2.24) is 0 Å². The number of hydrogen-bond acceptors (Lipinski definition) is 2. The van der Waals surface area contributed by atoms with Gasteiger partial charge in [-0.3, -0.25) is 0 Å². The second-order valence-electron chi connectivity index (χ2n) is 3.37. The van der Waals surface area contributed by atoms with Crippen LogP contribution in [-0.2, 0) is 9.53 Å². The normalized spacial score (nSPS) is 20.4. The smallest absolute Gasteiger partial charge is 0.330 e. The maximum atomic E-state index is 11.0. The van der Waals surface area contributed by atoms with E-state index >= 15 is 0 Å². The minimum Gasteiger partial charge on any atom is -0.456 e. The lowest BCUT2D eigenvalue weighted by molar-refractivity contribution is -0.153. The van der Waals surface area contributed by atoms with Crippen molar-refractivity contribution in [3.8, 4) is 0 Å². The van der Waals surface area contributed by atoms with Gasteiger partial charge in [0.25, 0.3) is 0 Å². The van der Waals surface area contributed by atoms with Crippen LogP contribution in [0.4, 0.5) is 0 Å². The lowest BCUT2D eigenvalue weighted by Crippen LogP contribution is -2.30. The Labute approximate surface area is 73.6 Å². The molecule has 1 fully saturated rings. The van der Waals surface area contributed by atoms with Crippen LogP contribution in [0.25, 0.3) is 0 Å². The molecule has 0 atom stereocenters. The Bertz CT molecular complexity index is 178. The molecule has 0 aromatic rings. The van der Waals surface area contributed by atoms with E-state index in [9.17, 15) is 4.79 Å². The number of ether oxygens (including phenoxy) is 1. The summed E-state index contributed by atoms with van der Waals surface area (Å²) >= 11 is 0. The second kappa shape index (κ2) is 3.74. The molecule has 1 saturated carbocycles. The van der Waals surface area contributed by atoms with Gasteiger partial charge in [-0.15, -0.1) is 0 Å². The molecule has 2 nitrogen and oxygen atoms in total. The van der Waals surface area contributed by atoms with Gasteiger partial charge < -0.3 is 4.74 Å². The first-order chi connectivity index (χ1) is 5.72. The molecule has 0 aromatic carbocycles. The van der Waals surface area contributed by atoms with E-state index in [0.717, 1.165) is 19.3 Å². The largest absolute Gasteiger partial charge is 0.456 e. The number of esters is 1. The van der Waals surface area contributed by atoms with Gasteiger partial charge in [0.05, 0.1) is 0 Å². The lowest BCUT2D eigenvalue weighted by Gasteiger charge is -2.26. The standard InChI is InChI=1S/C10H16O2/c1-3-9(11)12-10(4-2)7-5-6-8-10/h3H,1,4-8H2,2H3. The first kappa shape index (κ1) is 9.30. The Balaban J connectivity index is 2.54. The highest BCUT2D eigenvalue weighted by atomic mass is 16.6. The van der Waals surface area contributed by atoms with E-state index in [1.54, 1.807) is 0 Å². The first-order valence-electron chi connectivity index (χ1n) is 4.58. The van der Waals surface area contributed by atoms with Gasteiger partial charge in [-0.1, -0.05) is 13.5 Å². The third-order valence-corrected chi connectivity index (χ3v) is 2.64. The molecule has 68 valence electrons. The maximum Gasteiger partial charge on any atom is 0.330 e. The fraction of sp³-hybridized carbons (Fsp3) is 0.700. The average molecular weight is 168 g/mol. The van der Waals surface area contributed by atoms with Crippen molar-refractivity contribution < 1.29 is 9.53 Å². The monoisotopic (exact) mass is 168 g/mol. The quantitative estimate of drug-likeness (QED) is 0.478. The van der Waals surface area contributed by atoms with Crippen molar-refractivity contribution in [2.45, 2.75) is 44.6 Å². The molecule has 0 saturated heterocycles. The first-order valence-corrected chi connectivity index (χ1v) is 4.58. The van der Waals surface area contributed by atoms with Gasteiger partial charge in [-0.25, -0.2) is 4.79 Å². The Hall–Kier alpha value is -0.790. The molecule has 1 aliphatic carbocycles. The maximum absolute atomic E-state index is 11.0. The van der Waals surface area contributed by atoms with Gasteiger partial charge in [0, 0.05) is 6.08 Å². The summed E-state index contributed by atoms with van der Waals surface area (Å²) in [6.07, 6.45) is 6.56. The van der Waals surface area contributed by atoms with Crippen molar-refractivity contribution in [3.05, 3.63) is 12.7 Å². The molecule has 1 rings (SSSR count). The van der Waals surface area contributed by atoms with E-state index in [0.29, 0.717) is 0 Å². The Morgan fingerprint density at radius 2 is 2.17 bits per heavy atom. The van der Waals surface area contributed by atoms with Gasteiger partial charge in [0.1, 0.15) is 5.60 Å². The van der Waals surface area contributed by atoms with Crippen LogP contribution in [-0.4, -0.2) is 11.6 Å². The van der Waals surface area contributed by atoms with Gasteiger partial charge in [0.2, 0.25) is 0 Å². The van der Waals surface area contributed by atoms with E-state index in [-0.39, 0.29) is 11.6 Å². The van der Waals surface area contributed by atoms with Gasteiger partial charge in [-0.05, 0) is 32.1 Å². The summed E-state index contributed by atoms with van der Waals surface area (Å²) in [5.41, 5.74) is -0.161. The highest BCUT2D eigenvalue weighted by Crippen LogP contribution is 2.35. The number of rotatable bonds is 3. The van der Waals surface area contributed by atoms with Gasteiger partial charge >= 0.3 is 5.97 Å². The number of hydrogen-bond donors (Lipinski definition) is 0. The van der Waals surface area contributed by atoms with Crippen molar-refractivity contribution in [3.63, 3.8) is 0 Å². The SMILES string of the molecule is C=CC(=O)OC1(CC)CCCC1. The molecule has 0 spiro atoms. The van der Waals surface area contributed by atoms with Gasteiger partial charge in [-0.2, -0.15) is 0 Å². The fourth-order valence-corrected chi connectivity index (χ4v) is 1.80. The van der Waals surface area contributed by atoms with E-state index in [1.807, 2.05) is 0 Å². The van der Waals surface area contributed by atoms with Crippen LogP contribution in [0.15, 0.2) is 12.7 Å². The zero-order valence-corrected chi connectivity index (χ0v) is 7.64. The summed E-state index contributed by atoms with van der Waals surface area (Å²) in [7, 11) is 0. The molecule has 0 bridgehead atoms. The van der Waals surface area contributed by atoms with Crippen LogP contribution in [0.3, 0.4) is 0 Å². The zero-order valence-electron chi connectivity index (χ0n) is 7.64. The second-order valence-corrected chi connectivity index (χ2v) is 3.37. The molecule has 0 radical (unpaired) electrons. The molecule has 2 heteroatoms. The average Bonchev–Trinajstić information content (AvgIpc) is 2.54. The van der Waals surface area contributed by atoms with E-state index in [4.69, 9.17) is 4.74 Å². The lowest BCUT2D eigenvalue weighted by atomic mass is 9.99. The predicted octanol–water partition coefficient (Wildman–Crippen LogP) is 2.44. The fourth-order valence-electron chi connectivity index (χ4n) is 1.80. The Morgan fingerprint density at radius 3 is 2.58 bits per heavy atom. The summed E-state index contributed by atoms with van der Waals surface area (Å²) < 4.78 is 5.34. The Kier molecular flexibility index (Phi) is 2.90. The molecule has 0 aliphatic heterocycles. The van der Waals surface area contributed by atoms with Crippen molar-refractivity contribution in [2.75, 3.05) is 0 Å². The van der Waals surface area contributed by atoms with Crippen LogP contribution < -0.4 is 0 Å². The molecule has 0 amide bonds. The van der Waals surface area contributed by atoms with E-state index in [2.05, 4.69) is 13.5 Å². The third-order valence-electron chi connectivity index (χ3n) is 2.64. The summed E-state index contributed by atoms with van der Waals surface area (Å²) in [6.45, 7) is 5.46. The number of carbonyl (C=O) groups excluding carboxylic acids is 1. The Morgan fingerprint density at radius 1 is 1.58 bits per heavy atom. The molecular formula is C10H16O2. The molecule has 12 heavy (non-hydrogen) atoms. The predicted molar refractivity (Wildman–Crippen MR) is 47.8 cm³/mol. The van der Waals surface area contributed by atoms with Crippen LogP contribution in [0.2, 0.25) is 0 Å². The zero-order chi connectivity index (χ0) is 9.03. The molecule has 0 heterocycles. The molecule has 0 N–H and O–H groups in total. The van der Waals surface area contributed by atoms with Crippen LogP contribution in [0.1, 0.15) is 39.0 Å². The highest BCUT2D eigenvalue weighted by molar-refractivity contribution is 5.81. The van der Waals surface area contributed by atoms with Crippen molar-refractivity contribution in [2.24, 2.45) is 0 Å². The summed E-state index contributed by atoms with van der Waals surface area (Å²) in [5.74, 6) is -0.279. The highest BCUT2D eigenvalue weighted by Gasteiger charge is 2.35. The summed E-state index contributed by atoms with van der Waals surface area (Å²) in [4.78, 5) is 11.0.